The number of hydrogen-bond donors (Lipinski definition) is 4. The fourth-order valence-electron chi connectivity index (χ4n) is 4.93. The van der Waals surface area contributed by atoms with Crippen molar-refractivity contribution in [3.63, 3.8) is 0 Å². The first-order chi connectivity index (χ1) is 28.4. The second kappa shape index (κ2) is 31.2. The number of hydrogen-bond acceptors (Lipinski definition) is 12. The number of allylic oxidation sites excluding steroid dienone is 12. The number of nitrogens with one attached hydrogen (secondary N) is 4. The van der Waals surface area contributed by atoms with E-state index in [2.05, 4.69) is 41.2 Å². The maximum Gasteiger partial charge on any atom is 4.00 e. The molecule has 0 aromatic carbocycles. The van der Waals surface area contributed by atoms with Gasteiger partial charge in [0, 0.05) is 24.2 Å². The molecule has 4 N–H and O–H groups in total. The summed E-state index contributed by atoms with van der Waals surface area (Å²) in [6.07, 6.45) is 27.0. The SMILES string of the molecule is CC(C)NC(=NCC1=CC=CC1)C(=O)[O-].CC(C)NC(=NCC1=CC=CC1)C(=O)[O-].CC(C)NC(=NCC1=CC=CC1)C(=O)[O-].CC(C)NC(=NCC1=CC=CC1)C(=O)[O-].[Ru+4]. The molecule has 4 aliphatic rings. The van der Waals surface area contributed by atoms with E-state index in [9.17, 15) is 39.6 Å². The van der Waals surface area contributed by atoms with Crippen LogP contribution in [0.25, 0.3) is 0 Å². The van der Waals surface area contributed by atoms with Crippen LogP contribution in [0.2, 0.25) is 0 Å². The first kappa shape index (κ1) is 55.3. The fraction of sp³-hybridized carbons (Fsp3) is 0.455. The molecule has 17 heteroatoms. The Hall–Kier alpha value is -5.70. The molecular formula is C44H60N8O8Ru. The molecule has 0 radical (unpaired) electrons. The first-order valence-electron chi connectivity index (χ1n) is 19.8. The molecule has 0 spiro atoms. The molecule has 16 nitrogen and oxygen atoms in total. The normalized spacial score (nSPS) is 15.4. The third-order valence-electron chi connectivity index (χ3n) is 7.63. The monoisotopic (exact) mass is 930 g/mol. The van der Waals surface area contributed by atoms with Gasteiger partial charge in [-0.2, -0.15) is 0 Å². The van der Waals surface area contributed by atoms with E-state index in [1.165, 1.54) is 0 Å². The van der Waals surface area contributed by atoms with E-state index >= 15 is 0 Å². The van der Waals surface area contributed by atoms with E-state index in [0.717, 1.165) is 48.0 Å². The number of aliphatic carboxylic acids is 4. The van der Waals surface area contributed by atoms with Crippen LogP contribution in [-0.2, 0) is 38.7 Å². The van der Waals surface area contributed by atoms with Crippen molar-refractivity contribution in [3.05, 3.63) is 95.2 Å². The van der Waals surface area contributed by atoms with Crippen molar-refractivity contribution in [2.45, 2.75) is 105 Å². The van der Waals surface area contributed by atoms with Crippen LogP contribution >= 0.6 is 0 Å². The van der Waals surface area contributed by atoms with Crippen molar-refractivity contribution in [2.75, 3.05) is 26.2 Å². The van der Waals surface area contributed by atoms with Crippen molar-refractivity contribution in [3.8, 4) is 0 Å². The van der Waals surface area contributed by atoms with Gasteiger partial charge in [-0.3, -0.25) is 20.0 Å². The average Bonchev–Trinajstić information content (AvgIpc) is 4.02. The van der Waals surface area contributed by atoms with Gasteiger partial charge in [-0.15, -0.1) is 0 Å². The van der Waals surface area contributed by atoms with Crippen LogP contribution in [0.3, 0.4) is 0 Å². The number of carbonyl (C=O) groups is 4. The third-order valence-corrected chi connectivity index (χ3v) is 7.63. The Bertz CT molecular complexity index is 1580. The van der Waals surface area contributed by atoms with Crippen molar-refractivity contribution >= 4 is 47.2 Å². The Morgan fingerprint density at radius 3 is 0.721 bits per heavy atom. The largest absolute Gasteiger partial charge is 4.00 e. The Morgan fingerprint density at radius 2 is 0.607 bits per heavy atom. The summed E-state index contributed by atoms with van der Waals surface area (Å²) in [6, 6.07) is 0.157. The third kappa shape index (κ3) is 26.9. The Kier molecular flexibility index (Phi) is 28.3. The van der Waals surface area contributed by atoms with Gasteiger partial charge in [-0.25, -0.2) is 0 Å². The van der Waals surface area contributed by atoms with Crippen LogP contribution in [0.5, 0.6) is 0 Å². The number of nitrogens with zero attached hydrogens (tertiary/aromatic N) is 4. The molecule has 0 aromatic rings. The van der Waals surface area contributed by atoms with Gasteiger partial charge in [0.2, 0.25) is 0 Å². The van der Waals surface area contributed by atoms with Crippen LogP contribution in [-0.4, -0.2) is 97.6 Å². The summed E-state index contributed by atoms with van der Waals surface area (Å²) in [6.45, 7) is 16.5. The summed E-state index contributed by atoms with van der Waals surface area (Å²) in [4.78, 5) is 58.7. The minimum Gasteiger partial charge on any atom is -0.542 e. The Morgan fingerprint density at radius 1 is 0.426 bits per heavy atom. The van der Waals surface area contributed by atoms with Crippen LogP contribution < -0.4 is 41.7 Å². The molecule has 0 aromatic heterocycles. The summed E-state index contributed by atoms with van der Waals surface area (Å²) < 4.78 is 0. The van der Waals surface area contributed by atoms with Crippen molar-refractivity contribution in [1.82, 2.24) is 21.3 Å². The molecular weight excluding hydrogens is 870 g/mol. The topological polar surface area (TPSA) is 258 Å². The molecule has 0 saturated carbocycles. The number of carboxylic acids is 4. The maximum absolute atomic E-state index is 10.7. The number of carbonyl (C=O) groups excluding carboxylic acids is 4. The summed E-state index contributed by atoms with van der Waals surface area (Å²) in [5, 5.41) is 53.8. The number of aliphatic imine (C=N–C) groups is 4. The molecule has 0 bridgehead atoms. The minimum absolute atomic E-state index is 0. The van der Waals surface area contributed by atoms with Crippen molar-refractivity contribution < 1.29 is 59.1 Å². The minimum atomic E-state index is -1.25. The van der Waals surface area contributed by atoms with Crippen LogP contribution in [0, 0.1) is 0 Å². The van der Waals surface area contributed by atoms with E-state index in [0.29, 0.717) is 26.2 Å². The van der Waals surface area contributed by atoms with Gasteiger partial charge in [-0.05, 0) is 103 Å². The maximum atomic E-state index is 10.7. The van der Waals surface area contributed by atoms with Gasteiger partial charge < -0.3 is 60.9 Å². The predicted octanol–water partition coefficient (Wildman–Crippen LogP) is 0.0739. The standard InChI is InChI=1S/4C11H16N2O2.Ru/c4*1-8(2)13-10(11(14)15)12-7-9-5-3-4-6-9;/h4*3-5,8H,6-7H2,1-2H3,(H,12,13)(H,14,15);/q;;;;+4/p-4. The van der Waals surface area contributed by atoms with Crippen molar-refractivity contribution in [2.24, 2.45) is 20.0 Å². The molecule has 61 heavy (non-hydrogen) atoms. The zero-order valence-electron chi connectivity index (χ0n) is 36.3. The first-order valence-corrected chi connectivity index (χ1v) is 19.8. The second-order valence-corrected chi connectivity index (χ2v) is 14.8. The predicted molar refractivity (Wildman–Crippen MR) is 230 cm³/mol. The summed E-state index contributed by atoms with van der Waals surface area (Å²) in [7, 11) is 0. The fourth-order valence-corrected chi connectivity index (χ4v) is 4.93. The van der Waals surface area contributed by atoms with Crippen LogP contribution in [0.15, 0.2) is 115 Å². The van der Waals surface area contributed by atoms with E-state index in [1.807, 2.05) is 128 Å². The van der Waals surface area contributed by atoms with Crippen LogP contribution in [0.4, 0.5) is 0 Å². The zero-order chi connectivity index (χ0) is 45.0. The molecule has 0 unspecified atom stereocenters. The molecule has 4 rings (SSSR count). The summed E-state index contributed by atoms with van der Waals surface area (Å²) in [5.41, 5.74) is 4.44. The molecule has 0 aliphatic heterocycles. The molecule has 0 fully saturated rings. The Balaban J connectivity index is 0.000000783. The number of amidine groups is 4. The molecule has 4 aliphatic carbocycles. The molecule has 0 amide bonds. The van der Waals surface area contributed by atoms with Gasteiger partial charge in [0.25, 0.3) is 0 Å². The summed E-state index contributed by atoms with van der Waals surface area (Å²) >= 11 is 0. The van der Waals surface area contributed by atoms with E-state index < -0.39 is 23.9 Å². The van der Waals surface area contributed by atoms with E-state index in [-0.39, 0.29) is 67.0 Å². The van der Waals surface area contributed by atoms with E-state index in [1.54, 1.807) is 0 Å². The molecule has 0 saturated heterocycles. The summed E-state index contributed by atoms with van der Waals surface area (Å²) in [5.74, 6) is -5.30. The van der Waals surface area contributed by atoms with Gasteiger partial charge in [0.05, 0.1) is 26.2 Å². The van der Waals surface area contributed by atoms with Gasteiger partial charge >= 0.3 is 19.5 Å². The van der Waals surface area contributed by atoms with Gasteiger partial charge in [0.15, 0.2) is 0 Å². The molecule has 0 heterocycles. The zero-order valence-corrected chi connectivity index (χ0v) is 38.0. The number of rotatable bonds is 12. The Labute approximate surface area is 372 Å². The quantitative estimate of drug-likeness (QED) is 0.115. The van der Waals surface area contributed by atoms with Crippen LogP contribution in [0.1, 0.15) is 81.1 Å². The van der Waals surface area contributed by atoms with Gasteiger partial charge in [-0.1, -0.05) is 72.9 Å². The number of carboxylic acid groups (broad SMARTS) is 4. The second-order valence-electron chi connectivity index (χ2n) is 14.8. The average molecular weight is 930 g/mol. The van der Waals surface area contributed by atoms with Crippen molar-refractivity contribution in [1.29, 1.82) is 0 Å². The van der Waals surface area contributed by atoms with Gasteiger partial charge in [0.1, 0.15) is 47.2 Å². The molecule has 332 valence electrons. The molecule has 0 atom stereocenters. The van der Waals surface area contributed by atoms with E-state index in [4.69, 9.17) is 0 Å². The smallest absolute Gasteiger partial charge is 0.542 e.